The molecule has 0 saturated carbocycles. The molecule has 3 aromatic rings. The van der Waals surface area contributed by atoms with Crippen molar-refractivity contribution in [1.29, 1.82) is 0 Å². The second kappa shape index (κ2) is 9.40. The minimum Gasteiger partial charge on any atom is -0.455 e. The number of rotatable bonds is 5. The first-order chi connectivity index (χ1) is 15.4. The molecule has 0 aliphatic heterocycles. The summed E-state index contributed by atoms with van der Waals surface area (Å²) in [4.78, 5) is 25.3. The Balaban J connectivity index is 1.52. The van der Waals surface area contributed by atoms with Gasteiger partial charge in [-0.05, 0) is 50.5 Å². The van der Waals surface area contributed by atoms with Crippen molar-refractivity contribution in [2.45, 2.75) is 39.7 Å². The number of amides is 2. The van der Waals surface area contributed by atoms with Crippen LogP contribution < -0.4 is 10.7 Å². The van der Waals surface area contributed by atoms with Crippen LogP contribution in [0.1, 0.15) is 61.8 Å². The van der Waals surface area contributed by atoms with Crippen molar-refractivity contribution in [2.24, 2.45) is 5.10 Å². The Labute approximate surface area is 191 Å². The molecule has 1 aromatic heterocycles. The molecular formula is C25H24ClN3O3. The quantitative estimate of drug-likeness (QED) is 0.540. The summed E-state index contributed by atoms with van der Waals surface area (Å²) in [5, 5.41) is 7.85. The Morgan fingerprint density at radius 1 is 1.06 bits per heavy atom. The molecule has 1 heterocycles. The Hall–Kier alpha value is -3.38. The molecule has 6 nitrogen and oxygen atoms in total. The second-order valence-corrected chi connectivity index (χ2v) is 8.26. The molecule has 0 unspecified atom stereocenters. The molecule has 2 N–H and O–H groups in total. The smallest absolute Gasteiger partial charge is 0.287 e. The maximum atomic E-state index is 12.8. The van der Waals surface area contributed by atoms with Gasteiger partial charge in [0.25, 0.3) is 11.8 Å². The third-order valence-electron chi connectivity index (χ3n) is 5.50. The van der Waals surface area contributed by atoms with Gasteiger partial charge in [0, 0.05) is 34.7 Å². The van der Waals surface area contributed by atoms with Crippen LogP contribution >= 0.6 is 11.6 Å². The SMILES string of the molecule is Cc1cccc(C(=O)N/N=C2\CCCc3oc(C(=O)NCc4ccccc4Cl)c(C)c32)c1. The maximum Gasteiger partial charge on any atom is 0.287 e. The van der Waals surface area contributed by atoms with E-state index in [9.17, 15) is 9.59 Å². The van der Waals surface area contributed by atoms with Crippen LogP contribution in [0.4, 0.5) is 0 Å². The van der Waals surface area contributed by atoms with Gasteiger partial charge in [-0.15, -0.1) is 0 Å². The number of carbonyl (C=O) groups is 2. The van der Waals surface area contributed by atoms with Crippen LogP contribution in [0, 0.1) is 13.8 Å². The van der Waals surface area contributed by atoms with E-state index in [1.54, 1.807) is 12.1 Å². The molecule has 4 rings (SSSR count). The molecule has 2 amide bonds. The molecule has 0 atom stereocenters. The number of nitrogens with one attached hydrogen (secondary N) is 2. The Morgan fingerprint density at radius 2 is 1.88 bits per heavy atom. The van der Waals surface area contributed by atoms with Crippen LogP contribution in [0.15, 0.2) is 58.0 Å². The lowest BCUT2D eigenvalue weighted by Crippen LogP contribution is -2.23. The third kappa shape index (κ3) is 4.60. The van der Waals surface area contributed by atoms with Gasteiger partial charge in [-0.1, -0.05) is 47.5 Å². The lowest BCUT2D eigenvalue weighted by atomic mass is 9.93. The van der Waals surface area contributed by atoms with E-state index in [1.807, 2.05) is 50.2 Å². The average Bonchev–Trinajstić information content (AvgIpc) is 3.14. The zero-order valence-electron chi connectivity index (χ0n) is 18.0. The monoisotopic (exact) mass is 449 g/mol. The Morgan fingerprint density at radius 3 is 2.66 bits per heavy atom. The highest BCUT2D eigenvalue weighted by Crippen LogP contribution is 2.30. The number of halogens is 1. The first-order valence-electron chi connectivity index (χ1n) is 10.5. The standard InChI is InChI=1S/C25H24ClN3O3/c1-15-7-5-9-17(13-15)24(30)29-28-20-11-6-12-21-22(20)16(2)23(32-21)25(31)27-14-18-8-3-4-10-19(18)26/h3-5,7-10,13H,6,11-12,14H2,1-2H3,(H,27,31)(H,29,30)/b28-20+. The molecule has 1 aliphatic carbocycles. The van der Waals surface area contributed by atoms with E-state index in [1.165, 1.54) is 0 Å². The summed E-state index contributed by atoms with van der Waals surface area (Å²) < 4.78 is 5.92. The van der Waals surface area contributed by atoms with E-state index in [4.69, 9.17) is 16.0 Å². The molecule has 32 heavy (non-hydrogen) atoms. The van der Waals surface area contributed by atoms with Crippen molar-refractivity contribution in [3.05, 3.63) is 92.9 Å². The fourth-order valence-electron chi connectivity index (χ4n) is 3.86. The van der Waals surface area contributed by atoms with Crippen molar-refractivity contribution < 1.29 is 14.0 Å². The fourth-order valence-corrected chi connectivity index (χ4v) is 4.07. The minimum absolute atomic E-state index is 0.265. The molecule has 2 aromatic carbocycles. The molecule has 0 saturated heterocycles. The van der Waals surface area contributed by atoms with Crippen LogP contribution in [0.3, 0.4) is 0 Å². The molecule has 1 aliphatic rings. The molecule has 7 heteroatoms. The minimum atomic E-state index is -0.306. The van der Waals surface area contributed by atoms with Gasteiger partial charge in [0.15, 0.2) is 5.76 Å². The van der Waals surface area contributed by atoms with Crippen molar-refractivity contribution in [2.75, 3.05) is 0 Å². The predicted octanol–water partition coefficient (Wildman–Crippen LogP) is 4.95. The summed E-state index contributed by atoms with van der Waals surface area (Å²) in [6, 6.07) is 14.7. The van der Waals surface area contributed by atoms with Crippen LogP contribution in [0.25, 0.3) is 0 Å². The van der Waals surface area contributed by atoms with E-state index in [2.05, 4.69) is 15.8 Å². The number of hydrogen-bond acceptors (Lipinski definition) is 4. The summed E-state index contributed by atoms with van der Waals surface area (Å²) in [7, 11) is 0. The highest BCUT2D eigenvalue weighted by Gasteiger charge is 2.28. The van der Waals surface area contributed by atoms with Crippen LogP contribution in [-0.2, 0) is 13.0 Å². The molecule has 0 fully saturated rings. The number of aryl methyl sites for hydroxylation is 2. The van der Waals surface area contributed by atoms with Crippen LogP contribution in [0.2, 0.25) is 5.02 Å². The lowest BCUT2D eigenvalue weighted by molar-refractivity contribution is 0.0919. The van der Waals surface area contributed by atoms with E-state index in [0.29, 0.717) is 23.6 Å². The summed E-state index contributed by atoms with van der Waals surface area (Å²) >= 11 is 6.17. The van der Waals surface area contributed by atoms with Gasteiger partial charge >= 0.3 is 0 Å². The first-order valence-corrected chi connectivity index (χ1v) is 10.9. The number of nitrogens with zero attached hydrogens (tertiary/aromatic N) is 1. The first kappa shape index (κ1) is 21.8. The Kier molecular flexibility index (Phi) is 6.42. The van der Waals surface area contributed by atoms with Crippen molar-refractivity contribution in [3.8, 4) is 0 Å². The molecule has 0 bridgehead atoms. The van der Waals surface area contributed by atoms with E-state index < -0.39 is 0 Å². The average molecular weight is 450 g/mol. The number of benzene rings is 2. The maximum absolute atomic E-state index is 12.8. The molecule has 164 valence electrons. The third-order valence-corrected chi connectivity index (χ3v) is 5.87. The zero-order chi connectivity index (χ0) is 22.7. The summed E-state index contributed by atoms with van der Waals surface area (Å²) in [5.41, 5.74) is 7.28. The van der Waals surface area contributed by atoms with Gasteiger partial charge in [0.05, 0.1) is 5.71 Å². The van der Waals surface area contributed by atoms with Gasteiger partial charge < -0.3 is 9.73 Å². The van der Waals surface area contributed by atoms with Gasteiger partial charge in [-0.2, -0.15) is 5.10 Å². The van der Waals surface area contributed by atoms with Crippen molar-refractivity contribution >= 4 is 29.1 Å². The van der Waals surface area contributed by atoms with E-state index >= 15 is 0 Å². The number of carbonyl (C=O) groups excluding carboxylic acids is 2. The van der Waals surface area contributed by atoms with Crippen molar-refractivity contribution in [3.63, 3.8) is 0 Å². The number of furan rings is 1. The molecular weight excluding hydrogens is 426 g/mol. The van der Waals surface area contributed by atoms with Crippen molar-refractivity contribution in [1.82, 2.24) is 10.7 Å². The van der Waals surface area contributed by atoms with Gasteiger partial charge in [0.1, 0.15) is 5.76 Å². The lowest BCUT2D eigenvalue weighted by Gasteiger charge is -2.13. The normalized spacial score (nSPS) is 14.2. The van der Waals surface area contributed by atoms with E-state index in [0.717, 1.165) is 46.6 Å². The molecule has 0 spiro atoms. The van der Waals surface area contributed by atoms with Crippen LogP contribution in [0.5, 0.6) is 0 Å². The topological polar surface area (TPSA) is 83.7 Å². The summed E-state index contributed by atoms with van der Waals surface area (Å²) in [6.45, 7) is 4.08. The highest BCUT2D eigenvalue weighted by atomic mass is 35.5. The highest BCUT2D eigenvalue weighted by molar-refractivity contribution is 6.31. The molecule has 0 radical (unpaired) electrons. The van der Waals surface area contributed by atoms with Gasteiger partial charge in [-0.25, -0.2) is 5.43 Å². The number of hydrogen-bond donors (Lipinski definition) is 2. The van der Waals surface area contributed by atoms with E-state index in [-0.39, 0.29) is 17.6 Å². The largest absolute Gasteiger partial charge is 0.455 e. The fraction of sp³-hybridized carbons (Fsp3) is 0.240. The summed E-state index contributed by atoms with van der Waals surface area (Å²) in [6.07, 6.45) is 2.25. The van der Waals surface area contributed by atoms with Gasteiger partial charge in [0.2, 0.25) is 0 Å². The van der Waals surface area contributed by atoms with Gasteiger partial charge in [-0.3, -0.25) is 9.59 Å². The second-order valence-electron chi connectivity index (χ2n) is 7.85. The predicted molar refractivity (Wildman–Crippen MR) is 124 cm³/mol. The van der Waals surface area contributed by atoms with Crippen LogP contribution in [-0.4, -0.2) is 17.5 Å². The summed E-state index contributed by atoms with van der Waals surface area (Å²) in [5.74, 6) is 0.411. The number of fused-ring (bicyclic) bond motifs is 1. The number of hydrazone groups is 1. The Bertz CT molecular complexity index is 1210. The zero-order valence-corrected chi connectivity index (χ0v) is 18.8.